The van der Waals surface area contributed by atoms with Gasteiger partial charge in [-0.15, -0.1) is 0 Å². The molecule has 0 aliphatic carbocycles. The van der Waals surface area contributed by atoms with Crippen molar-refractivity contribution in [1.82, 2.24) is 19.2 Å². The number of nitrogens with one attached hydrogen (secondary N) is 2. The van der Waals surface area contributed by atoms with Crippen LogP contribution in [0.4, 0.5) is 9.18 Å². The maximum Gasteiger partial charge on any atom is 0.410 e. The number of amides is 2. The van der Waals surface area contributed by atoms with Crippen LogP contribution in [0.15, 0.2) is 78.9 Å². The molecule has 2 saturated heterocycles. The van der Waals surface area contributed by atoms with Gasteiger partial charge in [-0.05, 0) is 69.7 Å². The normalized spacial score (nSPS) is 16.0. The quantitative estimate of drug-likeness (QED) is 0.259. The Hall–Kier alpha value is -3.76. The highest BCUT2D eigenvalue weighted by Gasteiger charge is 2.33. The second-order valence-electron chi connectivity index (χ2n) is 13.8. The first kappa shape index (κ1) is 42.0. The number of benzene rings is 3. The van der Waals surface area contributed by atoms with E-state index in [1.807, 2.05) is 81.4 Å². The molecule has 3 aromatic carbocycles. The van der Waals surface area contributed by atoms with Crippen LogP contribution in [0.3, 0.4) is 0 Å². The Kier molecular flexibility index (Phi) is 15.1. The van der Waals surface area contributed by atoms with Crippen LogP contribution < -0.4 is 14.2 Å². The molecule has 0 saturated carbocycles. The van der Waals surface area contributed by atoms with Gasteiger partial charge in [0.05, 0.1) is 15.5 Å². The van der Waals surface area contributed by atoms with Gasteiger partial charge in [-0.2, -0.15) is 0 Å². The van der Waals surface area contributed by atoms with E-state index in [0.29, 0.717) is 57.6 Å². The van der Waals surface area contributed by atoms with Gasteiger partial charge in [-0.25, -0.2) is 35.5 Å². The van der Waals surface area contributed by atoms with Crippen molar-refractivity contribution in [2.75, 3.05) is 32.8 Å². The van der Waals surface area contributed by atoms with Gasteiger partial charge in [0, 0.05) is 45.3 Å². The van der Waals surface area contributed by atoms with Crippen LogP contribution >= 0.6 is 11.6 Å². The monoisotopic (exact) mass is 794 g/mol. The molecule has 2 aliphatic rings. The van der Waals surface area contributed by atoms with Crippen LogP contribution in [0.25, 0.3) is 0 Å². The zero-order chi connectivity index (χ0) is 38.6. The lowest BCUT2D eigenvalue weighted by Crippen LogP contribution is -2.46. The van der Waals surface area contributed by atoms with Crippen molar-refractivity contribution in [2.45, 2.75) is 75.6 Å². The molecule has 290 valence electrons. The molecule has 2 heterocycles. The molecule has 0 unspecified atom stereocenters. The zero-order valence-corrected chi connectivity index (χ0v) is 32.6. The number of ether oxygens (including phenoxy) is 2. The van der Waals surface area contributed by atoms with Gasteiger partial charge < -0.3 is 19.3 Å². The maximum atomic E-state index is 13.2. The maximum absolute atomic E-state index is 13.2. The molecular formula is C37H48ClFN4O8S2. The lowest BCUT2D eigenvalue weighted by molar-refractivity contribution is -0.134. The van der Waals surface area contributed by atoms with Crippen molar-refractivity contribution in [3.63, 3.8) is 0 Å². The fourth-order valence-corrected chi connectivity index (χ4v) is 8.73. The predicted molar refractivity (Wildman–Crippen MR) is 202 cm³/mol. The summed E-state index contributed by atoms with van der Waals surface area (Å²) in [5.41, 5.74) is 1.27. The molecule has 2 fully saturated rings. The van der Waals surface area contributed by atoms with Gasteiger partial charge in [0.15, 0.2) is 6.61 Å². The van der Waals surface area contributed by atoms with Crippen LogP contribution in [0.1, 0.15) is 57.6 Å². The summed E-state index contributed by atoms with van der Waals surface area (Å²) in [5.74, 6) is -0.514. The van der Waals surface area contributed by atoms with E-state index in [9.17, 15) is 30.8 Å². The van der Waals surface area contributed by atoms with E-state index < -0.39 is 42.0 Å². The molecule has 0 spiro atoms. The number of piperidine rings is 2. The minimum absolute atomic E-state index is 0.0797. The molecule has 0 bridgehead atoms. The topological polar surface area (TPSA) is 151 Å². The molecule has 5 rings (SSSR count). The van der Waals surface area contributed by atoms with Crippen molar-refractivity contribution < 1.29 is 40.3 Å². The van der Waals surface area contributed by atoms with E-state index in [1.54, 1.807) is 9.80 Å². The summed E-state index contributed by atoms with van der Waals surface area (Å²) >= 11 is 5.69. The Balaban J connectivity index is 0.000000241. The Labute approximate surface area is 317 Å². The van der Waals surface area contributed by atoms with Gasteiger partial charge in [0.1, 0.15) is 17.2 Å². The van der Waals surface area contributed by atoms with Crippen molar-refractivity contribution in [2.24, 2.45) is 0 Å². The smallest absolute Gasteiger partial charge is 0.410 e. The number of sulfonamides is 2. The Bertz CT molecular complexity index is 1870. The number of hydrogen-bond donors (Lipinski definition) is 2. The highest BCUT2D eigenvalue weighted by Crippen LogP contribution is 2.23. The zero-order valence-electron chi connectivity index (χ0n) is 30.2. The first-order valence-corrected chi connectivity index (χ1v) is 20.9. The number of nitrogens with zero attached hydrogens (tertiary/aromatic N) is 2. The van der Waals surface area contributed by atoms with Gasteiger partial charge in [-0.1, -0.05) is 72.3 Å². The summed E-state index contributed by atoms with van der Waals surface area (Å²) in [4.78, 5) is 27.5. The summed E-state index contributed by atoms with van der Waals surface area (Å²) in [5, 5.41) is -1.09. The lowest BCUT2D eigenvalue weighted by Gasteiger charge is -2.33. The number of halogens is 2. The highest BCUT2D eigenvalue weighted by molar-refractivity contribution is 7.90. The molecule has 16 heteroatoms. The van der Waals surface area contributed by atoms with Crippen LogP contribution in [0.2, 0.25) is 5.02 Å². The fourth-order valence-electron chi connectivity index (χ4n) is 5.69. The second-order valence-corrected chi connectivity index (χ2v) is 18.3. The minimum atomic E-state index is -3.46. The molecule has 0 radical (unpaired) electrons. The molecule has 3 aromatic rings. The Morgan fingerprint density at radius 1 is 0.755 bits per heavy atom. The predicted octanol–water partition coefficient (Wildman–Crippen LogP) is 5.47. The average Bonchev–Trinajstić information content (AvgIpc) is 3.14. The summed E-state index contributed by atoms with van der Waals surface area (Å²) in [7, 11) is -6.86. The number of carbonyl (C=O) groups is 2. The number of carbonyl (C=O) groups excluding carboxylic acids is 2. The molecular weight excluding hydrogens is 747 g/mol. The number of rotatable bonds is 11. The van der Waals surface area contributed by atoms with Crippen LogP contribution in [0, 0.1) is 5.82 Å². The van der Waals surface area contributed by atoms with Crippen LogP contribution in [0.5, 0.6) is 5.75 Å². The third kappa shape index (κ3) is 13.6. The lowest BCUT2D eigenvalue weighted by atomic mass is 10.1. The molecule has 2 N–H and O–H groups in total. The van der Waals surface area contributed by atoms with E-state index in [1.165, 1.54) is 18.2 Å². The second kappa shape index (κ2) is 19.0. The third-order valence-corrected chi connectivity index (χ3v) is 12.7. The van der Waals surface area contributed by atoms with E-state index in [2.05, 4.69) is 9.44 Å². The first-order chi connectivity index (χ1) is 25.0. The molecule has 2 amide bonds. The Morgan fingerprint density at radius 3 is 1.64 bits per heavy atom. The van der Waals surface area contributed by atoms with Crippen molar-refractivity contribution in [3.05, 3.63) is 101 Å². The van der Waals surface area contributed by atoms with Crippen molar-refractivity contribution in [1.29, 1.82) is 0 Å². The fraction of sp³-hybridized carbons (Fsp3) is 0.459. The van der Waals surface area contributed by atoms with Gasteiger partial charge >= 0.3 is 6.09 Å². The van der Waals surface area contributed by atoms with E-state index in [0.717, 1.165) is 11.1 Å². The first-order valence-electron chi connectivity index (χ1n) is 17.4. The third-order valence-electron chi connectivity index (χ3n) is 8.66. The van der Waals surface area contributed by atoms with Crippen molar-refractivity contribution >= 4 is 43.6 Å². The summed E-state index contributed by atoms with van der Waals surface area (Å²) in [6, 6.07) is 22.6. The van der Waals surface area contributed by atoms with E-state index in [-0.39, 0.29) is 36.7 Å². The Morgan fingerprint density at radius 2 is 1.21 bits per heavy atom. The highest BCUT2D eigenvalue weighted by atomic mass is 35.5. The molecule has 2 aliphatic heterocycles. The summed E-state index contributed by atoms with van der Waals surface area (Å²) < 4.78 is 79.0. The largest absolute Gasteiger partial charge is 0.484 e. The summed E-state index contributed by atoms with van der Waals surface area (Å²) in [6.45, 7) is 7.22. The standard InChI is InChI=1S/C20H22ClFN2O4S.C17H26N2O4S/c21-18-12-16(6-7-19(18)22)28-14-20(25)24-10-8-17(9-11-24)29(26,27)23-13-15-4-2-1-3-5-15;1-17(2,3)23-16(20)19-11-9-15(10-12-19)24(21,22)18-13-14-7-5-4-6-8-14/h1-7,12,17,23H,8-11,13-14H2;4-8,15,18H,9-13H2,1-3H3. The van der Waals surface area contributed by atoms with Gasteiger partial charge in [-0.3, -0.25) is 4.79 Å². The minimum Gasteiger partial charge on any atom is -0.484 e. The number of likely N-dealkylation sites (tertiary alicyclic amines) is 2. The van der Waals surface area contributed by atoms with Crippen LogP contribution in [-0.2, 0) is 42.7 Å². The van der Waals surface area contributed by atoms with E-state index in [4.69, 9.17) is 21.1 Å². The molecule has 53 heavy (non-hydrogen) atoms. The van der Waals surface area contributed by atoms with Crippen molar-refractivity contribution in [3.8, 4) is 5.75 Å². The summed E-state index contributed by atoms with van der Waals surface area (Å²) in [6.07, 6.45) is 1.18. The SMILES string of the molecule is CC(C)(C)OC(=O)N1CCC(S(=O)(=O)NCc2ccccc2)CC1.O=C(COc1ccc(F)c(Cl)c1)N1CCC(S(=O)(=O)NCc2ccccc2)CC1. The van der Waals surface area contributed by atoms with Gasteiger partial charge in [0.2, 0.25) is 20.0 Å². The van der Waals surface area contributed by atoms with E-state index >= 15 is 0 Å². The average molecular weight is 795 g/mol. The molecule has 12 nitrogen and oxygen atoms in total. The molecule has 0 aromatic heterocycles. The number of hydrogen-bond acceptors (Lipinski definition) is 8. The van der Waals surface area contributed by atoms with Gasteiger partial charge in [0.25, 0.3) is 5.91 Å². The molecule has 0 atom stereocenters. The van der Waals surface area contributed by atoms with Crippen LogP contribution in [-0.4, -0.2) is 87.5 Å².